The highest BCUT2D eigenvalue weighted by atomic mass is 32.2. The van der Waals surface area contributed by atoms with Crippen molar-refractivity contribution >= 4 is 28.2 Å². The minimum atomic E-state index is -0.675. The number of rotatable bonds is 3. The third-order valence-corrected chi connectivity index (χ3v) is 3.30. The first-order chi connectivity index (χ1) is 5.47. The van der Waals surface area contributed by atoms with Gasteiger partial charge in [-0.05, 0) is 13.8 Å². The second kappa shape index (κ2) is 3.59. The van der Waals surface area contributed by atoms with Crippen molar-refractivity contribution in [2.75, 3.05) is 11.5 Å². The van der Waals surface area contributed by atoms with E-state index < -0.39 is 5.60 Å². The molecular formula is C6H11N3OS2. The summed E-state index contributed by atoms with van der Waals surface area (Å²) in [6.45, 7) is 3.51. The van der Waals surface area contributed by atoms with Crippen molar-refractivity contribution in [3.8, 4) is 0 Å². The van der Waals surface area contributed by atoms with Crippen LogP contribution >= 0.6 is 23.1 Å². The highest BCUT2D eigenvalue weighted by Gasteiger charge is 2.14. The summed E-state index contributed by atoms with van der Waals surface area (Å²) in [5.41, 5.74) is 4.71. The SMILES string of the molecule is CC(C)(O)CSc1nnc(N)s1. The van der Waals surface area contributed by atoms with Gasteiger partial charge in [-0.1, -0.05) is 23.1 Å². The van der Waals surface area contributed by atoms with Gasteiger partial charge in [-0.15, -0.1) is 10.2 Å². The second-order valence-corrected chi connectivity index (χ2v) is 5.24. The highest BCUT2D eigenvalue weighted by molar-refractivity contribution is 8.01. The molecule has 12 heavy (non-hydrogen) atoms. The highest BCUT2D eigenvalue weighted by Crippen LogP contribution is 2.26. The van der Waals surface area contributed by atoms with E-state index in [1.165, 1.54) is 23.1 Å². The fourth-order valence-electron chi connectivity index (χ4n) is 0.517. The Bertz CT molecular complexity index is 256. The van der Waals surface area contributed by atoms with E-state index in [1.807, 2.05) is 0 Å². The first kappa shape index (κ1) is 9.76. The molecule has 4 nitrogen and oxygen atoms in total. The zero-order valence-electron chi connectivity index (χ0n) is 6.94. The van der Waals surface area contributed by atoms with E-state index >= 15 is 0 Å². The van der Waals surface area contributed by atoms with Crippen molar-refractivity contribution in [1.29, 1.82) is 0 Å². The van der Waals surface area contributed by atoms with Gasteiger partial charge in [0.25, 0.3) is 0 Å². The zero-order valence-corrected chi connectivity index (χ0v) is 8.58. The van der Waals surface area contributed by atoms with E-state index in [0.717, 1.165) is 4.34 Å². The monoisotopic (exact) mass is 205 g/mol. The standard InChI is InChI=1S/C6H11N3OS2/c1-6(2,10)3-11-5-9-8-4(7)12-5/h10H,3H2,1-2H3,(H2,7,8). The van der Waals surface area contributed by atoms with Gasteiger partial charge in [0.2, 0.25) is 5.13 Å². The normalized spacial score (nSPS) is 11.9. The number of nitrogen functional groups attached to an aromatic ring is 1. The van der Waals surface area contributed by atoms with Gasteiger partial charge in [0.15, 0.2) is 4.34 Å². The number of thioether (sulfide) groups is 1. The molecule has 1 rings (SSSR count). The molecule has 0 atom stereocenters. The molecule has 6 heteroatoms. The van der Waals surface area contributed by atoms with Crippen LogP contribution in [-0.2, 0) is 0 Å². The molecule has 0 radical (unpaired) electrons. The average molecular weight is 205 g/mol. The molecular weight excluding hydrogens is 194 g/mol. The molecule has 0 aliphatic rings. The van der Waals surface area contributed by atoms with Crippen LogP contribution in [0, 0.1) is 0 Å². The van der Waals surface area contributed by atoms with Crippen molar-refractivity contribution in [3.63, 3.8) is 0 Å². The molecule has 3 N–H and O–H groups in total. The molecule has 1 aromatic rings. The topological polar surface area (TPSA) is 72.0 Å². The fourth-order valence-corrected chi connectivity index (χ4v) is 2.10. The molecule has 1 aromatic heterocycles. The van der Waals surface area contributed by atoms with Crippen LogP contribution in [0.1, 0.15) is 13.8 Å². The summed E-state index contributed by atoms with van der Waals surface area (Å²) in [5, 5.41) is 17.3. The lowest BCUT2D eigenvalue weighted by Gasteiger charge is -2.14. The van der Waals surface area contributed by atoms with Gasteiger partial charge in [-0.25, -0.2) is 0 Å². The van der Waals surface area contributed by atoms with E-state index in [2.05, 4.69) is 10.2 Å². The van der Waals surface area contributed by atoms with Crippen LogP contribution in [0.5, 0.6) is 0 Å². The van der Waals surface area contributed by atoms with Gasteiger partial charge in [0.05, 0.1) is 5.60 Å². The minimum Gasteiger partial charge on any atom is -0.390 e. The molecule has 0 aromatic carbocycles. The van der Waals surface area contributed by atoms with Gasteiger partial charge in [0.1, 0.15) is 0 Å². The Kier molecular flexibility index (Phi) is 2.92. The molecule has 0 aliphatic carbocycles. The molecule has 0 saturated carbocycles. The molecule has 0 amide bonds. The predicted molar refractivity (Wildman–Crippen MR) is 51.3 cm³/mol. The Hall–Kier alpha value is -0.330. The number of aromatic nitrogens is 2. The van der Waals surface area contributed by atoms with Crippen LogP contribution in [-0.4, -0.2) is 26.7 Å². The van der Waals surface area contributed by atoms with E-state index in [-0.39, 0.29) is 0 Å². The number of anilines is 1. The first-order valence-corrected chi connectivity index (χ1v) is 5.22. The van der Waals surface area contributed by atoms with Crippen LogP contribution in [0.25, 0.3) is 0 Å². The zero-order chi connectivity index (χ0) is 9.19. The summed E-state index contributed by atoms with van der Waals surface area (Å²) in [6.07, 6.45) is 0. The van der Waals surface area contributed by atoms with Gasteiger partial charge in [0, 0.05) is 5.75 Å². The molecule has 0 saturated heterocycles. The number of hydrogen-bond donors (Lipinski definition) is 2. The Labute approximate surface area is 79.2 Å². The molecule has 0 aliphatic heterocycles. The van der Waals surface area contributed by atoms with Crippen LogP contribution in [0.15, 0.2) is 4.34 Å². The molecule has 0 fully saturated rings. The van der Waals surface area contributed by atoms with Gasteiger partial charge < -0.3 is 10.8 Å². The maximum atomic E-state index is 9.39. The largest absolute Gasteiger partial charge is 0.390 e. The van der Waals surface area contributed by atoms with Crippen LogP contribution in [0.3, 0.4) is 0 Å². The number of aliphatic hydroxyl groups is 1. The van der Waals surface area contributed by atoms with Crippen molar-refractivity contribution < 1.29 is 5.11 Å². The minimum absolute atomic E-state index is 0.466. The number of nitrogens with two attached hydrogens (primary N) is 1. The van der Waals surface area contributed by atoms with E-state index in [1.54, 1.807) is 13.8 Å². The number of hydrogen-bond acceptors (Lipinski definition) is 6. The van der Waals surface area contributed by atoms with Crippen LogP contribution in [0.2, 0.25) is 0 Å². The van der Waals surface area contributed by atoms with Crippen molar-refractivity contribution in [1.82, 2.24) is 10.2 Å². The maximum Gasteiger partial charge on any atom is 0.203 e. The lowest BCUT2D eigenvalue weighted by atomic mass is 10.2. The third kappa shape index (κ3) is 3.38. The average Bonchev–Trinajstić information content (AvgIpc) is 2.30. The second-order valence-electron chi connectivity index (χ2n) is 3.01. The van der Waals surface area contributed by atoms with Gasteiger partial charge in [-0.2, -0.15) is 0 Å². The third-order valence-electron chi connectivity index (χ3n) is 0.971. The van der Waals surface area contributed by atoms with Crippen molar-refractivity contribution in [2.24, 2.45) is 0 Å². The van der Waals surface area contributed by atoms with Crippen molar-refractivity contribution in [3.05, 3.63) is 0 Å². The van der Waals surface area contributed by atoms with Crippen molar-refractivity contribution in [2.45, 2.75) is 23.8 Å². The maximum absolute atomic E-state index is 9.39. The summed E-state index contributed by atoms with van der Waals surface area (Å²) < 4.78 is 0.801. The predicted octanol–water partition coefficient (Wildman–Crippen LogP) is 0.983. The molecule has 1 heterocycles. The van der Waals surface area contributed by atoms with Gasteiger partial charge in [-0.3, -0.25) is 0 Å². The molecule has 68 valence electrons. The summed E-state index contributed by atoms with van der Waals surface area (Å²) in [5.74, 6) is 0.599. The summed E-state index contributed by atoms with van der Waals surface area (Å²) >= 11 is 2.80. The fraction of sp³-hybridized carbons (Fsp3) is 0.667. The Morgan fingerprint density at radius 1 is 1.58 bits per heavy atom. The summed E-state index contributed by atoms with van der Waals surface area (Å²) in [7, 11) is 0. The Balaban J connectivity index is 2.44. The van der Waals surface area contributed by atoms with Crippen LogP contribution in [0.4, 0.5) is 5.13 Å². The smallest absolute Gasteiger partial charge is 0.203 e. The summed E-state index contributed by atoms with van der Waals surface area (Å²) in [4.78, 5) is 0. The first-order valence-electron chi connectivity index (χ1n) is 3.41. The van der Waals surface area contributed by atoms with Gasteiger partial charge >= 0.3 is 0 Å². The lowest BCUT2D eigenvalue weighted by molar-refractivity contribution is 0.107. The Morgan fingerprint density at radius 3 is 2.67 bits per heavy atom. The van der Waals surface area contributed by atoms with E-state index in [9.17, 15) is 5.11 Å². The Morgan fingerprint density at radius 2 is 2.25 bits per heavy atom. The summed E-state index contributed by atoms with van der Waals surface area (Å²) in [6, 6.07) is 0. The van der Waals surface area contributed by atoms with E-state index in [0.29, 0.717) is 10.9 Å². The lowest BCUT2D eigenvalue weighted by Crippen LogP contribution is -2.21. The molecule has 0 spiro atoms. The quantitative estimate of drug-likeness (QED) is 0.720. The van der Waals surface area contributed by atoms with E-state index in [4.69, 9.17) is 5.73 Å². The molecule has 0 unspecified atom stereocenters. The van der Waals surface area contributed by atoms with Crippen LogP contribution < -0.4 is 5.73 Å². The molecule has 0 bridgehead atoms. The number of nitrogens with zero attached hydrogens (tertiary/aromatic N) is 2.